The third-order valence-electron chi connectivity index (χ3n) is 4.10. The van der Waals surface area contributed by atoms with Crippen molar-refractivity contribution < 1.29 is 4.79 Å². The second-order valence-electron chi connectivity index (χ2n) is 5.25. The van der Waals surface area contributed by atoms with Gasteiger partial charge in [0.2, 0.25) is 5.91 Å². The van der Waals surface area contributed by atoms with Gasteiger partial charge in [-0.2, -0.15) is 0 Å². The molecule has 0 aliphatic carbocycles. The minimum Gasteiger partial charge on any atom is -0.316 e. The van der Waals surface area contributed by atoms with Gasteiger partial charge in [-0.05, 0) is 44.0 Å². The molecule has 0 bridgehead atoms. The largest absolute Gasteiger partial charge is 0.316 e. The molecule has 0 saturated carbocycles. The molecule has 1 unspecified atom stereocenters. The van der Waals surface area contributed by atoms with Crippen molar-refractivity contribution in [1.82, 2.24) is 5.32 Å². The van der Waals surface area contributed by atoms with E-state index < -0.39 is 0 Å². The van der Waals surface area contributed by atoms with Gasteiger partial charge in [-0.25, -0.2) is 0 Å². The van der Waals surface area contributed by atoms with Gasteiger partial charge in [0, 0.05) is 23.8 Å². The zero-order valence-corrected chi connectivity index (χ0v) is 12.3. The predicted octanol–water partition coefficient (Wildman–Crippen LogP) is 2.87. The standard InChI is InChI=1S/C14H17ClN2O.ClH/c15-11-3-1-4-12(9-11)17-8-6-14(13(17)18)5-2-7-16-10-14;/h1,3-4,9,16H,2,5-8,10H2;1H. The Labute approximate surface area is 124 Å². The number of benzene rings is 1. The lowest BCUT2D eigenvalue weighted by atomic mass is 9.79. The Morgan fingerprint density at radius 1 is 1.32 bits per heavy atom. The first-order valence-corrected chi connectivity index (χ1v) is 6.87. The lowest BCUT2D eigenvalue weighted by molar-refractivity contribution is -0.126. The Kier molecular flexibility index (Phi) is 4.39. The minimum absolute atomic E-state index is 0. The SMILES string of the molecule is Cl.O=C1N(c2cccc(Cl)c2)CCC12CCCNC2. The Hall–Kier alpha value is -0.770. The fourth-order valence-corrected chi connectivity index (χ4v) is 3.26. The van der Waals surface area contributed by atoms with Gasteiger partial charge in [0.05, 0.1) is 5.41 Å². The number of hydrogen-bond donors (Lipinski definition) is 1. The first kappa shape index (κ1) is 14.6. The molecule has 104 valence electrons. The Morgan fingerprint density at radius 3 is 2.84 bits per heavy atom. The average Bonchev–Trinajstić information content (AvgIpc) is 2.68. The normalized spacial score (nSPS) is 26.6. The topological polar surface area (TPSA) is 32.3 Å². The van der Waals surface area contributed by atoms with E-state index in [0.717, 1.165) is 44.6 Å². The maximum atomic E-state index is 12.6. The van der Waals surface area contributed by atoms with Gasteiger partial charge in [0.25, 0.3) is 0 Å². The Balaban J connectivity index is 0.00000133. The number of carbonyl (C=O) groups excluding carboxylic acids is 1. The highest BCUT2D eigenvalue weighted by molar-refractivity contribution is 6.31. The van der Waals surface area contributed by atoms with Crippen molar-refractivity contribution in [3.05, 3.63) is 29.3 Å². The zero-order valence-electron chi connectivity index (χ0n) is 10.7. The molecule has 3 nitrogen and oxygen atoms in total. The molecule has 3 rings (SSSR count). The first-order chi connectivity index (χ1) is 8.71. The van der Waals surface area contributed by atoms with Gasteiger partial charge in [-0.1, -0.05) is 17.7 Å². The molecule has 1 spiro atoms. The van der Waals surface area contributed by atoms with Crippen LogP contribution in [0.1, 0.15) is 19.3 Å². The lowest BCUT2D eigenvalue weighted by Gasteiger charge is -2.32. The molecule has 1 amide bonds. The number of amides is 1. The molecule has 2 saturated heterocycles. The van der Waals surface area contributed by atoms with Crippen LogP contribution in [0.3, 0.4) is 0 Å². The molecule has 1 atom stereocenters. The highest BCUT2D eigenvalue weighted by Gasteiger charge is 2.47. The molecule has 2 fully saturated rings. The van der Waals surface area contributed by atoms with E-state index in [1.807, 2.05) is 29.2 Å². The predicted molar refractivity (Wildman–Crippen MR) is 80.2 cm³/mol. The van der Waals surface area contributed by atoms with E-state index in [-0.39, 0.29) is 23.7 Å². The molecule has 2 heterocycles. The fourth-order valence-electron chi connectivity index (χ4n) is 3.07. The third-order valence-corrected chi connectivity index (χ3v) is 4.34. The van der Waals surface area contributed by atoms with Gasteiger partial charge < -0.3 is 10.2 Å². The number of carbonyl (C=O) groups is 1. The summed E-state index contributed by atoms with van der Waals surface area (Å²) in [4.78, 5) is 14.5. The number of anilines is 1. The minimum atomic E-state index is -0.166. The molecule has 1 aromatic rings. The smallest absolute Gasteiger partial charge is 0.234 e. The number of halogens is 2. The van der Waals surface area contributed by atoms with Crippen LogP contribution in [0.25, 0.3) is 0 Å². The average molecular weight is 301 g/mol. The molecular weight excluding hydrogens is 283 g/mol. The molecular formula is C14H18Cl2N2O. The van der Waals surface area contributed by atoms with Crippen molar-refractivity contribution in [2.45, 2.75) is 19.3 Å². The van der Waals surface area contributed by atoms with E-state index in [9.17, 15) is 4.79 Å². The second-order valence-corrected chi connectivity index (χ2v) is 5.68. The fraction of sp³-hybridized carbons (Fsp3) is 0.500. The molecule has 2 aliphatic heterocycles. The monoisotopic (exact) mass is 300 g/mol. The summed E-state index contributed by atoms with van der Waals surface area (Å²) in [5, 5.41) is 4.04. The van der Waals surface area contributed by atoms with E-state index in [1.54, 1.807) is 0 Å². The molecule has 2 aliphatic rings. The van der Waals surface area contributed by atoms with Crippen LogP contribution < -0.4 is 10.2 Å². The third kappa shape index (κ3) is 2.60. The van der Waals surface area contributed by atoms with Gasteiger partial charge in [0.15, 0.2) is 0 Å². The van der Waals surface area contributed by atoms with Crippen molar-refractivity contribution in [2.24, 2.45) is 5.41 Å². The highest BCUT2D eigenvalue weighted by atomic mass is 35.5. The summed E-state index contributed by atoms with van der Waals surface area (Å²) in [6.45, 7) is 2.66. The molecule has 0 aromatic heterocycles. The maximum absolute atomic E-state index is 12.6. The van der Waals surface area contributed by atoms with Gasteiger partial charge >= 0.3 is 0 Å². The van der Waals surface area contributed by atoms with Crippen LogP contribution in [0, 0.1) is 5.41 Å². The van der Waals surface area contributed by atoms with E-state index in [0.29, 0.717) is 5.02 Å². The molecule has 1 N–H and O–H groups in total. The van der Waals surface area contributed by atoms with Crippen LogP contribution in [-0.2, 0) is 4.79 Å². The summed E-state index contributed by atoms with van der Waals surface area (Å²) < 4.78 is 0. The van der Waals surface area contributed by atoms with Crippen molar-refractivity contribution in [3.63, 3.8) is 0 Å². The van der Waals surface area contributed by atoms with Gasteiger partial charge in [-0.3, -0.25) is 4.79 Å². The number of hydrogen-bond acceptors (Lipinski definition) is 2. The summed E-state index contributed by atoms with van der Waals surface area (Å²) in [6.07, 6.45) is 3.05. The number of piperidine rings is 1. The van der Waals surface area contributed by atoms with E-state index in [2.05, 4.69) is 5.32 Å². The van der Waals surface area contributed by atoms with Crippen LogP contribution in [0.2, 0.25) is 5.02 Å². The maximum Gasteiger partial charge on any atom is 0.234 e. The second kappa shape index (κ2) is 5.70. The summed E-state index contributed by atoms with van der Waals surface area (Å²) in [6, 6.07) is 7.56. The lowest BCUT2D eigenvalue weighted by Crippen LogP contribution is -2.45. The summed E-state index contributed by atoms with van der Waals surface area (Å²) in [5.74, 6) is 0.261. The summed E-state index contributed by atoms with van der Waals surface area (Å²) >= 11 is 6.00. The number of nitrogens with zero attached hydrogens (tertiary/aromatic N) is 1. The molecule has 5 heteroatoms. The van der Waals surface area contributed by atoms with Crippen molar-refractivity contribution in [2.75, 3.05) is 24.5 Å². The Bertz CT molecular complexity index is 472. The number of nitrogens with one attached hydrogen (secondary N) is 1. The van der Waals surface area contributed by atoms with Crippen molar-refractivity contribution in [3.8, 4) is 0 Å². The van der Waals surface area contributed by atoms with Crippen molar-refractivity contribution in [1.29, 1.82) is 0 Å². The summed E-state index contributed by atoms with van der Waals surface area (Å²) in [5.41, 5.74) is 0.760. The molecule has 19 heavy (non-hydrogen) atoms. The quantitative estimate of drug-likeness (QED) is 0.865. The number of rotatable bonds is 1. The van der Waals surface area contributed by atoms with Crippen LogP contribution in [-0.4, -0.2) is 25.5 Å². The molecule has 0 radical (unpaired) electrons. The Morgan fingerprint density at radius 2 is 2.16 bits per heavy atom. The van der Waals surface area contributed by atoms with Gasteiger partial charge in [-0.15, -0.1) is 12.4 Å². The van der Waals surface area contributed by atoms with Gasteiger partial charge in [0.1, 0.15) is 0 Å². The van der Waals surface area contributed by atoms with Crippen molar-refractivity contribution >= 4 is 35.6 Å². The first-order valence-electron chi connectivity index (χ1n) is 6.50. The zero-order chi connectivity index (χ0) is 12.6. The van der Waals surface area contributed by atoms with E-state index in [4.69, 9.17) is 11.6 Å². The van der Waals surface area contributed by atoms with Crippen LogP contribution in [0.15, 0.2) is 24.3 Å². The highest BCUT2D eigenvalue weighted by Crippen LogP contribution is 2.40. The van der Waals surface area contributed by atoms with E-state index >= 15 is 0 Å². The van der Waals surface area contributed by atoms with Crippen LogP contribution >= 0.6 is 24.0 Å². The van der Waals surface area contributed by atoms with E-state index in [1.165, 1.54) is 0 Å². The summed E-state index contributed by atoms with van der Waals surface area (Å²) in [7, 11) is 0. The van der Waals surface area contributed by atoms with Crippen LogP contribution in [0.5, 0.6) is 0 Å². The molecule has 1 aromatic carbocycles. The van der Waals surface area contributed by atoms with Crippen LogP contribution in [0.4, 0.5) is 5.69 Å².